The third kappa shape index (κ3) is 6.07. The summed E-state index contributed by atoms with van der Waals surface area (Å²) in [6.07, 6.45) is -6.56. The number of rotatable bonds is 9. The van der Waals surface area contributed by atoms with Crippen LogP contribution in [0.5, 0.6) is 11.5 Å². The van der Waals surface area contributed by atoms with Crippen LogP contribution in [0.3, 0.4) is 0 Å². The Bertz CT molecular complexity index is 1720. The van der Waals surface area contributed by atoms with Crippen molar-refractivity contribution in [3.05, 3.63) is 119 Å². The second kappa shape index (κ2) is 11.2. The SMILES string of the molecule is Cc1ccc(S(=O)(=O)Oc2ccccc2C(F)(c2ccccc2OS(=O)(=O)c2ccc(C)cc2)C(F)(F)C(F)(F)F)cc1. The van der Waals surface area contributed by atoms with E-state index in [2.05, 4.69) is 0 Å². The van der Waals surface area contributed by atoms with E-state index in [4.69, 9.17) is 8.37 Å². The Morgan fingerprint density at radius 1 is 0.512 bits per heavy atom. The van der Waals surface area contributed by atoms with E-state index in [1.54, 1.807) is 13.8 Å². The van der Waals surface area contributed by atoms with Gasteiger partial charge in [0.15, 0.2) is 0 Å². The van der Waals surface area contributed by atoms with Gasteiger partial charge in [-0.2, -0.15) is 38.8 Å². The molecule has 0 N–H and O–H groups in total. The van der Waals surface area contributed by atoms with E-state index >= 15 is 13.2 Å². The van der Waals surface area contributed by atoms with Crippen LogP contribution in [-0.2, 0) is 25.9 Å². The lowest BCUT2D eigenvalue weighted by Gasteiger charge is -2.36. The van der Waals surface area contributed by atoms with Gasteiger partial charge in [-0.3, -0.25) is 0 Å². The molecule has 228 valence electrons. The van der Waals surface area contributed by atoms with Crippen molar-refractivity contribution >= 4 is 20.2 Å². The molecule has 6 nitrogen and oxygen atoms in total. The van der Waals surface area contributed by atoms with Crippen LogP contribution < -0.4 is 8.37 Å². The molecule has 4 aromatic rings. The number of aryl methyl sites for hydroxylation is 2. The van der Waals surface area contributed by atoms with E-state index in [1.807, 2.05) is 0 Å². The minimum Gasteiger partial charge on any atom is -0.379 e. The van der Waals surface area contributed by atoms with Crippen molar-refractivity contribution in [2.24, 2.45) is 0 Å². The van der Waals surface area contributed by atoms with E-state index in [0.29, 0.717) is 35.4 Å². The van der Waals surface area contributed by atoms with E-state index in [9.17, 15) is 30.0 Å². The number of alkyl halides is 6. The number of benzene rings is 4. The predicted molar refractivity (Wildman–Crippen MR) is 144 cm³/mol. The fourth-order valence-electron chi connectivity index (χ4n) is 4.07. The van der Waals surface area contributed by atoms with Crippen LogP contribution in [0.4, 0.5) is 26.3 Å². The summed E-state index contributed by atoms with van der Waals surface area (Å²) in [5.74, 6) is -8.68. The maximum absolute atomic E-state index is 17.1. The van der Waals surface area contributed by atoms with Crippen molar-refractivity contribution in [1.82, 2.24) is 0 Å². The quantitative estimate of drug-likeness (QED) is 0.141. The summed E-state index contributed by atoms with van der Waals surface area (Å²) in [6, 6.07) is 16.0. The summed E-state index contributed by atoms with van der Waals surface area (Å²) >= 11 is 0. The zero-order valence-corrected chi connectivity index (χ0v) is 23.9. The number of hydrogen-bond acceptors (Lipinski definition) is 6. The molecule has 43 heavy (non-hydrogen) atoms. The Kier molecular flexibility index (Phi) is 8.33. The molecule has 0 heterocycles. The lowest BCUT2D eigenvalue weighted by molar-refractivity contribution is -0.323. The highest BCUT2D eigenvalue weighted by Crippen LogP contribution is 2.58. The largest absolute Gasteiger partial charge is 0.457 e. The van der Waals surface area contributed by atoms with Gasteiger partial charge in [0.25, 0.3) is 0 Å². The van der Waals surface area contributed by atoms with Gasteiger partial charge in [-0.15, -0.1) is 0 Å². The molecule has 0 saturated carbocycles. The van der Waals surface area contributed by atoms with Crippen molar-refractivity contribution in [2.75, 3.05) is 0 Å². The van der Waals surface area contributed by atoms with Crippen molar-refractivity contribution < 1.29 is 51.5 Å². The van der Waals surface area contributed by atoms with Crippen LogP contribution in [0.25, 0.3) is 0 Å². The van der Waals surface area contributed by atoms with Gasteiger partial charge >= 0.3 is 32.3 Å². The van der Waals surface area contributed by atoms with Gasteiger partial charge in [0, 0.05) is 11.1 Å². The Labute approximate surface area is 243 Å². The standard InChI is InChI=1S/C29H22F6O6S2/c1-19-11-15-21(16-12-19)42(36,37)40-25-9-5-3-7-23(25)27(30,28(31,32)29(33,34)35)24-8-4-6-10-26(24)41-43(38,39)22-17-13-20(2)14-18-22/h3-18H,1-2H3. The molecule has 0 aliphatic carbocycles. The van der Waals surface area contributed by atoms with Gasteiger partial charge in [-0.1, -0.05) is 71.8 Å². The highest BCUT2D eigenvalue weighted by atomic mass is 32.2. The lowest BCUT2D eigenvalue weighted by Crippen LogP contribution is -2.53. The zero-order valence-electron chi connectivity index (χ0n) is 22.3. The fourth-order valence-corrected chi connectivity index (χ4v) is 5.96. The Balaban J connectivity index is 1.94. The maximum Gasteiger partial charge on any atom is 0.457 e. The van der Waals surface area contributed by atoms with Crippen LogP contribution >= 0.6 is 0 Å². The van der Waals surface area contributed by atoms with Gasteiger partial charge in [-0.05, 0) is 50.2 Å². The monoisotopic (exact) mass is 644 g/mol. The molecule has 0 saturated heterocycles. The van der Waals surface area contributed by atoms with Crippen molar-refractivity contribution in [1.29, 1.82) is 0 Å². The molecule has 0 bridgehead atoms. The van der Waals surface area contributed by atoms with Gasteiger partial charge in [0.05, 0.1) is 0 Å². The summed E-state index contributed by atoms with van der Waals surface area (Å²) in [5.41, 5.74) is -6.80. The van der Waals surface area contributed by atoms with E-state index < -0.39 is 70.4 Å². The molecule has 4 aromatic carbocycles. The van der Waals surface area contributed by atoms with Crippen LogP contribution in [-0.4, -0.2) is 28.9 Å². The topological polar surface area (TPSA) is 86.7 Å². The Morgan fingerprint density at radius 2 is 0.837 bits per heavy atom. The van der Waals surface area contributed by atoms with Crippen molar-refractivity contribution in [3.63, 3.8) is 0 Å². The Morgan fingerprint density at radius 3 is 1.16 bits per heavy atom. The minimum absolute atomic E-state index is 0.477. The van der Waals surface area contributed by atoms with Gasteiger partial charge in [0.1, 0.15) is 21.3 Å². The van der Waals surface area contributed by atoms with Crippen LogP contribution in [0.1, 0.15) is 22.3 Å². The second-order valence-electron chi connectivity index (χ2n) is 9.42. The summed E-state index contributed by atoms with van der Waals surface area (Å²) in [6.45, 7) is 3.28. The molecular formula is C29H22F6O6S2. The molecule has 4 rings (SSSR count). The van der Waals surface area contributed by atoms with Crippen molar-refractivity contribution in [2.45, 2.75) is 41.4 Å². The third-order valence-corrected chi connectivity index (χ3v) is 8.82. The normalized spacial score (nSPS) is 13.0. The van der Waals surface area contributed by atoms with Crippen molar-refractivity contribution in [3.8, 4) is 11.5 Å². The van der Waals surface area contributed by atoms with E-state index in [-0.39, 0.29) is 0 Å². The summed E-state index contributed by atoms with van der Waals surface area (Å²) in [4.78, 5) is -0.985. The highest BCUT2D eigenvalue weighted by Gasteiger charge is 2.74. The average Bonchev–Trinajstić information content (AvgIpc) is 2.92. The first-order valence-corrected chi connectivity index (χ1v) is 15.1. The lowest BCUT2D eigenvalue weighted by atomic mass is 9.81. The third-order valence-electron chi connectivity index (χ3n) is 6.32. The zero-order chi connectivity index (χ0) is 31.8. The average molecular weight is 645 g/mol. The first kappa shape index (κ1) is 31.9. The van der Waals surface area contributed by atoms with Gasteiger partial charge in [-0.25, -0.2) is 4.39 Å². The van der Waals surface area contributed by atoms with Gasteiger partial charge in [0.2, 0.25) is 5.67 Å². The first-order chi connectivity index (χ1) is 19.9. The number of hydrogen-bond donors (Lipinski definition) is 0. The van der Waals surface area contributed by atoms with E-state index in [1.165, 1.54) is 24.3 Å². The molecule has 0 fully saturated rings. The summed E-state index contributed by atoms with van der Waals surface area (Å²) in [5, 5.41) is 0. The van der Waals surface area contributed by atoms with Crippen LogP contribution in [0.15, 0.2) is 107 Å². The first-order valence-electron chi connectivity index (χ1n) is 12.2. The Hall–Kier alpha value is -4.04. The molecule has 0 aliphatic rings. The molecule has 0 unspecified atom stereocenters. The smallest absolute Gasteiger partial charge is 0.379 e. The summed E-state index contributed by atoms with van der Waals surface area (Å²) in [7, 11) is -9.75. The maximum atomic E-state index is 17.1. The number of para-hydroxylation sites is 2. The summed E-state index contributed by atoms with van der Waals surface area (Å²) < 4.78 is 151. The predicted octanol–water partition coefficient (Wildman–Crippen LogP) is 7.25. The molecule has 0 atom stereocenters. The number of halogens is 6. The molecule has 0 radical (unpaired) electrons. The molecule has 0 spiro atoms. The van der Waals surface area contributed by atoms with Crippen LogP contribution in [0.2, 0.25) is 0 Å². The van der Waals surface area contributed by atoms with Gasteiger partial charge < -0.3 is 8.37 Å². The molecular weight excluding hydrogens is 622 g/mol. The molecule has 14 heteroatoms. The fraction of sp³-hybridized carbons (Fsp3) is 0.172. The van der Waals surface area contributed by atoms with E-state index in [0.717, 1.165) is 48.5 Å². The highest BCUT2D eigenvalue weighted by molar-refractivity contribution is 7.87. The van der Waals surface area contributed by atoms with Crippen LogP contribution in [0, 0.1) is 13.8 Å². The molecule has 0 aromatic heterocycles. The molecule has 0 amide bonds. The second-order valence-corrected chi connectivity index (χ2v) is 12.5. The minimum atomic E-state index is -6.56. The molecule has 0 aliphatic heterocycles.